The Labute approximate surface area is 103 Å². The van der Waals surface area contributed by atoms with Gasteiger partial charge in [-0.05, 0) is 19.8 Å². The molecule has 3 rings (SSSR count). The molecule has 17 heavy (non-hydrogen) atoms. The van der Waals surface area contributed by atoms with Crippen LogP contribution in [0, 0.1) is 0 Å². The van der Waals surface area contributed by atoms with E-state index in [2.05, 4.69) is 4.98 Å². The second-order valence-corrected chi connectivity index (χ2v) is 5.48. The predicted molar refractivity (Wildman–Crippen MR) is 65.4 cm³/mol. The number of carbonyl (C=O) groups is 1. The number of fused-ring (bicyclic) bond motifs is 1. The number of imidazole rings is 1. The van der Waals surface area contributed by atoms with Crippen LogP contribution in [0.2, 0.25) is 0 Å². The van der Waals surface area contributed by atoms with Crippen molar-refractivity contribution >= 4 is 22.1 Å². The lowest BCUT2D eigenvalue weighted by Crippen LogP contribution is -2.35. The molecule has 1 fully saturated rings. The Kier molecular flexibility index (Phi) is 2.52. The minimum Gasteiger partial charge on any atom is -0.367 e. The van der Waals surface area contributed by atoms with Gasteiger partial charge in [0.15, 0.2) is 10.7 Å². The van der Waals surface area contributed by atoms with E-state index in [4.69, 9.17) is 4.74 Å². The summed E-state index contributed by atoms with van der Waals surface area (Å²) in [6.45, 7) is 2.58. The summed E-state index contributed by atoms with van der Waals surface area (Å²) in [6, 6.07) is 0. The van der Waals surface area contributed by atoms with Gasteiger partial charge in [-0.2, -0.15) is 0 Å². The molecule has 5 heteroatoms. The molecular formula is C12H14N2O2S. The first-order valence-corrected chi connectivity index (χ1v) is 6.64. The molecule has 1 saturated heterocycles. The molecule has 0 aliphatic carbocycles. The topological polar surface area (TPSA) is 43.6 Å². The van der Waals surface area contributed by atoms with Crippen molar-refractivity contribution in [2.45, 2.75) is 31.8 Å². The lowest BCUT2D eigenvalue weighted by molar-refractivity contribution is -0.136. The van der Waals surface area contributed by atoms with Gasteiger partial charge < -0.3 is 4.74 Å². The van der Waals surface area contributed by atoms with Crippen LogP contribution in [0.25, 0.3) is 4.96 Å². The highest BCUT2D eigenvalue weighted by Gasteiger charge is 2.37. The van der Waals surface area contributed by atoms with Crippen LogP contribution in [0.1, 0.15) is 25.5 Å². The second kappa shape index (κ2) is 3.92. The van der Waals surface area contributed by atoms with Crippen LogP contribution in [0.3, 0.4) is 0 Å². The minimum absolute atomic E-state index is 0.140. The maximum Gasteiger partial charge on any atom is 0.193 e. The summed E-state index contributed by atoms with van der Waals surface area (Å²) in [4.78, 5) is 17.5. The third kappa shape index (κ3) is 1.89. The number of hydrogen-bond acceptors (Lipinski definition) is 4. The number of ether oxygens (including phenoxy) is 1. The first kappa shape index (κ1) is 10.9. The van der Waals surface area contributed by atoms with Crippen LogP contribution in [-0.4, -0.2) is 27.4 Å². The smallest absolute Gasteiger partial charge is 0.193 e. The van der Waals surface area contributed by atoms with E-state index < -0.39 is 5.60 Å². The van der Waals surface area contributed by atoms with Crippen LogP contribution in [0.5, 0.6) is 0 Å². The maximum atomic E-state index is 12.2. The third-order valence-corrected chi connectivity index (χ3v) is 4.06. The van der Waals surface area contributed by atoms with Gasteiger partial charge in [-0.1, -0.05) is 0 Å². The average Bonchev–Trinajstić information content (AvgIpc) is 2.93. The highest BCUT2D eigenvalue weighted by molar-refractivity contribution is 7.15. The lowest BCUT2D eigenvalue weighted by atomic mass is 9.94. The van der Waals surface area contributed by atoms with Gasteiger partial charge in [0, 0.05) is 24.4 Å². The van der Waals surface area contributed by atoms with Gasteiger partial charge in [-0.3, -0.25) is 9.20 Å². The molecule has 4 nitrogen and oxygen atoms in total. The zero-order valence-corrected chi connectivity index (χ0v) is 10.5. The summed E-state index contributed by atoms with van der Waals surface area (Å²) < 4.78 is 7.50. The zero-order valence-electron chi connectivity index (χ0n) is 9.68. The number of carbonyl (C=O) groups excluding carboxylic acids is 1. The number of nitrogens with zero attached hydrogens (tertiary/aromatic N) is 2. The number of Topliss-reactive ketones (excluding diaryl/α,β-unsaturated/α-hetero) is 1. The number of aromatic nitrogens is 2. The summed E-state index contributed by atoms with van der Waals surface area (Å²) in [6.07, 6.45) is 6.04. The normalized spacial score (nSPS) is 24.5. The van der Waals surface area contributed by atoms with Crippen molar-refractivity contribution in [3.05, 3.63) is 23.5 Å². The summed E-state index contributed by atoms with van der Waals surface area (Å²) in [5.74, 6) is 0.140. The van der Waals surface area contributed by atoms with Gasteiger partial charge >= 0.3 is 0 Å². The molecule has 0 amide bonds. The fraction of sp³-hybridized carbons (Fsp3) is 0.500. The van der Waals surface area contributed by atoms with Gasteiger partial charge in [0.1, 0.15) is 5.60 Å². The Morgan fingerprint density at radius 1 is 1.71 bits per heavy atom. The first-order chi connectivity index (χ1) is 8.17. The maximum absolute atomic E-state index is 12.2. The molecule has 0 radical (unpaired) electrons. The molecule has 3 heterocycles. The van der Waals surface area contributed by atoms with Crippen LogP contribution in [-0.2, 0) is 16.0 Å². The first-order valence-electron chi connectivity index (χ1n) is 5.76. The van der Waals surface area contributed by atoms with Crippen LogP contribution < -0.4 is 0 Å². The van der Waals surface area contributed by atoms with Gasteiger partial charge in [0.25, 0.3) is 0 Å². The van der Waals surface area contributed by atoms with Crippen molar-refractivity contribution in [1.82, 2.24) is 9.38 Å². The van der Waals surface area contributed by atoms with Crippen molar-refractivity contribution in [1.29, 1.82) is 0 Å². The number of hydrogen-bond donors (Lipinski definition) is 0. The summed E-state index contributed by atoms with van der Waals surface area (Å²) in [5.41, 5.74) is 0.246. The molecule has 2 aromatic rings. The van der Waals surface area contributed by atoms with E-state index in [1.807, 2.05) is 29.1 Å². The molecule has 0 N–H and O–H groups in total. The molecular weight excluding hydrogens is 236 g/mol. The lowest BCUT2D eigenvalue weighted by Gasteiger charge is -2.20. The largest absolute Gasteiger partial charge is 0.367 e. The quantitative estimate of drug-likeness (QED) is 0.837. The van der Waals surface area contributed by atoms with Gasteiger partial charge in [0.05, 0.1) is 12.1 Å². The van der Waals surface area contributed by atoms with Crippen molar-refractivity contribution < 1.29 is 9.53 Å². The second-order valence-electron chi connectivity index (χ2n) is 4.61. The molecule has 0 bridgehead atoms. The van der Waals surface area contributed by atoms with E-state index in [0.717, 1.165) is 23.5 Å². The number of ketones is 1. The van der Waals surface area contributed by atoms with E-state index in [-0.39, 0.29) is 5.78 Å². The summed E-state index contributed by atoms with van der Waals surface area (Å²) >= 11 is 1.58. The van der Waals surface area contributed by atoms with Crippen LogP contribution >= 0.6 is 11.3 Å². The molecule has 2 aromatic heterocycles. The molecule has 1 unspecified atom stereocenters. The molecule has 90 valence electrons. The Morgan fingerprint density at radius 3 is 3.29 bits per heavy atom. The van der Waals surface area contributed by atoms with E-state index in [9.17, 15) is 4.79 Å². The standard InChI is InChI=1S/C12H14N2O2S/c1-12(3-2-5-16-12)10(15)7-9-8-14-4-6-17-11(14)13-9/h4,6,8H,2-3,5,7H2,1H3. The van der Waals surface area contributed by atoms with Crippen LogP contribution in [0.15, 0.2) is 17.8 Å². The number of thiazole rings is 1. The molecule has 0 aromatic carbocycles. The van der Waals surface area contributed by atoms with Gasteiger partial charge in [-0.15, -0.1) is 11.3 Å². The highest BCUT2D eigenvalue weighted by Crippen LogP contribution is 2.27. The fourth-order valence-electron chi connectivity index (χ4n) is 2.21. The SMILES string of the molecule is CC1(C(=O)Cc2cn3ccsc3n2)CCCO1. The zero-order chi connectivity index (χ0) is 11.9. The molecule has 1 aliphatic heterocycles. The molecule has 0 spiro atoms. The third-order valence-electron chi connectivity index (χ3n) is 3.29. The van der Waals surface area contributed by atoms with Gasteiger partial charge in [-0.25, -0.2) is 4.98 Å². The summed E-state index contributed by atoms with van der Waals surface area (Å²) in [7, 11) is 0. The van der Waals surface area contributed by atoms with Gasteiger partial charge in [0.2, 0.25) is 0 Å². The Bertz CT molecular complexity index is 523. The fourth-order valence-corrected chi connectivity index (χ4v) is 2.93. The van der Waals surface area contributed by atoms with E-state index >= 15 is 0 Å². The Hall–Kier alpha value is -1.20. The molecule has 1 aliphatic rings. The Balaban J connectivity index is 1.78. The van der Waals surface area contributed by atoms with Crippen LogP contribution in [0.4, 0.5) is 0 Å². The average molecular weight is 250 g/mol. The van der Waals surface area contributed by atoms with Crippen molar-refractivity contribution in [2.24, 2.45) is 0 Å². The predicted octanol–water partition coefficient (Wildman–Crippen LogP) is 2.08. The Morgan fingerprint density at radius 2 is 2.59 bits per heavy atom. The van der Waals surface area contributed by atoms with E-state index in [1.54, 1.807) is 11.3 Å². The summed E-state index contributed by atoms with van der Waals surface area (Å²) in [5, 5.41) is 1.98. The number of rotatable bonds is 3. The molecule has 1 atom stereocenters. The van der Waals surface area contributed by atoms with Crippen molar-refractivity contribution in [3.63, 3.8) is 0 Å². The minimum atomic E-state index is -0.586. The molecule has 0 saturated carbocycles. The van der Waals surface area contributed by atoms with E-state index in [1.165, 1.54) is 0 Å². The van der Waals surface area contributed by atoms with Crippen molar-refractivity contribution in [2.75, 3.05) is 6.61 Å². The highest BCUT2D eigenvalue weighted by atomic mass is 32.1. The van der Waals surface area contributed by atoms with E-state index in [0.29, 0.717) is 13.0 Å². The van der Waals surface area contributed by atoms with Crippen molar-refractivity contribution in [3.8, 4) is 0 Å². The monoisotopic (exact) mass is 250 g/mol.